The molecule has 152 valence electrons. The Kier molecular flexibility index (Phi) is 7.78. The van der Waals surface area contributed by atoms with Gasteiger partial charge >= 0.3 is 0 Å². The third-order valence-electron chi connectivity index (χ3n) is 4.66. The van der Waals surface area contributed by atoms with Gasteiger partial charge in [-0.3, -0.25) is 4.79 Å². The van der Waals surface area contributed by atoms with Gasteiger partial charge in [-0.05, 0) is 29.9 Å². The van der Waals surface area contributed by atoms with Crippen molar-refractivity contribution in [2.75, 3.05) is 28.1 Å². The molecule has 0 bridgehead atoms. The highest BCUT2D eigenvalue weighted by Gasteiger charge is 2.32. The summed E-state index contributed by atoms with van der Waals surface area (Å²) in [6.07, 6.45) is 1.44. The predicted octanol–water partition coefficient (Wildman–Crippen LogP) is 4.27. The monoisotopic (exact) mass is 408 g/mol. The van der Waals surface area contributed by atoms with E-state index < -0.39 is 11.0 Å². The number of ether oxygens (including phenoxy) is 4. The fourth-order valence-electron chi connectivity index (χ4n) is 2.91. The largest absolute Gasteiger partial charge is 0.497 e. The number of hydrogen-bond donors (Lipinski definition) is 0. The van der Waals surface area contributed by atoms with Crippen LogP contribution < -0.4 is 19.5 Å². The fraction of sp³-hybridized carbons (Fsp3) is 0.381. The van der Waals surface area contributed by atoms with E-state index in [1.165, 1.54) is 12.1 Å². The smallest absolute Gasteiger partial charge is 0.188 e. The molecule has 0 radical (unpaired) electrons. The molecule has 0 spiro atoms. The van der Waals surface area contributed by atoms with Crippen LogP contribution in [0.15, 0.2) is 30.3 Å². The number of halogens is 1. The van der Waals surface area contributed by atoms with E-state index in [1.54, 1.807) is 33.5 Å². The number of carbonyl (C=O) groups is 1. The molecule has 0 N–H and O–H groups in total. The second-order valence-electron chi connectivity index (χ2n) is 6.42. The highest BCUT2D eigenvalue weighted by Crippen LogP contribution is 2.51. The number of methoxy groups -OCH3 is 3. The topological polar surface area (TPSA) is 54.0 Å². The van der Waals surface area contributed by atoms with Crippen molar-refractivity contribution in [2.45, 2.75) is 25.4 Å². The zero-order chi connectivity index (χ0) is 20.7. The molecule has 7 heteroatoms. The van der Waals surface area contributed by atoms with Crippen molar-refractivity contribution in [1.82, 2.24) is 0 Å². The van der Waals surface area contributed by atoms with Crippen molar-refractivity contribution in [3.05, 3.63) is 47.3 Å². The molecule has 2 rings (SSSR count). The number of carbonyl (C=O) groups excluding carboxylic acids is 1. The molecule has 2 aromatic carbocycles. The summed E-state index contributed by atoms with van der Waals surface area (Å²) in [4.78, 5) is 11.5. The SMILES string of the molecule is CCC(C)(Pc1ccc(F)cc1C=O)c1cc(OC)cc(OC)c1OCOC. The Labute approximate surface area is 166 Å². The lowest BCUT2D eigenvalue weighted by Crippen LogP contribution is -2.22. The molecule has 0 fully saturated rings. The summed E-state index contributed by atoms with van der Waals surface area (Å²) in [5, 5.41) is 0.390. The van der Waals surface area contributed by atoms with Gasteiger partial charge < -0.3 is 18.9 Å². The Morgan fingerprint density at radius 1 is 1.14 bits per heavy atom. The highest BCUT2D eigenvalue weighted by molar-refractivity contribution is 7.48. The summed E-state index contributed by atoms with van der Waals surface area (Å²) in [6.45, 7) is 4.20. The second kappa shape index (κ2) is 9.85. The molecule has 0 amide bonds. The lowest BCUT2D eigenvalue weighted by molar-refractivity contribution is 0.0479. The van der Waals surface area contributed by atoms with Crippen LogP contribution in [-0.4, -0.2) is 34.4 Å². The Balaban J connectivity index is 2.61. The molecular formula is C21H26FO5P. The predicted molar refractivity (Wildman–Crippen MR) is 109 cm³/mol. The average Bonchev–Trinajstić information content (AvgIpc) is 2.72. The molecule has 0 aromatic heterocycles. The van der Waals surface area contributed by atoms with Crippen LogP contribution in [0.1, 0.15) is 36.2 Å². The van der Waals surface area contributed by atoms with E-state index in [0.29, 0.717) is 29.1 Å². The maximum Gasteiger partial charge on any atom is 0.188 e. The third kappa shape index (κ3) is 4.81. The first kappa shape index (κ1) is 22.1. The second-order valence-corrected chi connectivity index (χ2v) is 8.31. The summed E-state index contributed by atoms with van der Waals surface area (Å²) < 4.78 is 35.4. The van der Waals surface area contributed by atoms with E-state index in [1.807, 2.05) is 6.07 Å². The molecule has 28 heavy (non-hydrogen) atoms. The van der Waals surface area contributed by atoms with Crippen LogP contribution in [0.2, 0.25) is 0 Å². The summed E-state index contributed by atoms with van der Waals surface area (Å²) in [6, 6.07) is 7.97. The van der Waals surface area contributed by atoms with Crippen LogP contribution in [0.3, 0.4) is 0 Å². The van der Waals surface area contributed by atoms with Crippen LogP contribution in [0.25, 0.3) is 0 Å². The number of hydrogen-bond acceptors (Lipinski definition) is 5. The molecule has 0 saturated heterocycles. The minimum atomic E-state index is -0.430. The van der Waals surface area contributed by atoms with Crippen molar-refractivity contribution in [1.29, 1.82) is 0 Å². The summed E-state index contributed by atoms with van der Waals surface area (Å²) in [7, 11) is 4.89. The van der Waals surface area contributed by atoms with Crippen molar-refractivity contribution in [2.24, 2.45) is 0 Å². The minimum Gasteiger partial charge on any atom is -0.497 e. The maximum atomic E-state index is 13.6. The van der Waals surface area contributed by atoms with Gasteiger partial charge in [0.25, 0.3) is 0 Å². The van der Waals surface area contributed by atoms with Gasteiger partial charge in [-0.25, -0.2) is 4.39 Å². The van der Waals surface area contributed by atoms with E-state index in [4.69, 9.17) is 18.9 Å². The standard InChI is InChI=1S/C21H26FO5P/c1-6-21(2,28-19-8-7-15(22)9-14(19)12-23)17-10-16(25-4)11-18(26-5)20(17)27-13-24-3/h7-12,28H,6,13H2,1-5H3. The minimum absolute atomic E-state index is 0.0642. The van der Waals surface area contributed by atoms with Gasteiger partial charge in [0.2, 0.25) is 0 Å². The van der Waals surface area contributed by atoms with Crippen LogP contribution in [0, 0.1) is 5.82 Å². The van der Waals surface area contributed by atoms with Crippen molar-refractivity contribution >= 4 is 20.2 Å². The van der Waals surface area contributed by atoms with Gasteiger partial charge in [0.15, 0.2) is 24.6 Å². The first-order valence-corrected chi connectivity index (χ1v) is 9.83. The Morgan fingerprint density at radius 2 is 1.89 bits per heavy atom. The van der Waals surface area contributed by atoms with E-state index in [2.05, 4.69) is 13.8 Å². The van der Waals surface area contributed by atoms with Gasteiger partial charge in [-0.1, -0.05) is 28.5 Å². The lowest BCUT2D eigenvalue weighted by Gasteiger charge is -2.32. The fourth-order valence-corrected chi connectivity index (χ4v) is 4.45. The third-order valence-corrected chi connectivity index (χ3v) is 6.56. The first-order chi connectivity index (χ1) is 13.4. The van der Waals surface area contributed by atoms with Crippen molar-refractivity contribution in [3.63, 3.8) is 0 Å². The molecular weight excluding hydrogens is 382 g/mol. The Bertz CT molecular complexity index is 827. The zero-order valence-corrected chi connectivity index (χ0v) is 17.8. The maximum absolute atomic E-state index is 13.6. The number of benzene rings is 2. The van der Waals surface area contributed by atoms with E-state index >= 15 is 0 Å². The molecule has 0 heterocycles. The van der Waals surface area contributed by atoms with Gasteiger partial charge in [-0.15, -0.1) is 0 Å². The van der Waals surface area contributed by atoms with Crippen LogP contribution in [-0.2, 0) is 9.89 Å². The normalized spacial score (nSPS) is 13.4. The van der Waals surface area contributed by atoms with Gasteiger partial charge in [0.1, 0.15) is 11.6 Å². The number of rotatable bonds is 10. The van der Waals surface area contributed by atoms with Gasteiger partial charge in [0.05, 0.1) is 14.2 Å². The van der Waals surface area contributed by atoms with Crippen LogP contribution in [0.4, 0.5) is 4.39 Å². The molecule has 0 aliphatic heterocycles. The Hall–Kier alpha value is -2.17. The molecule has 5 nitrogen and oxygen atoms in total. The van der Waals surface area contributed by atoms with E-state index in [-0.39, 0.29) is 15.4 Å². The highest BCUT2D eigenvalue weighted by atomic mass is 31.1. The molecule has 0 aliphatic carbocycles. The molecule has 0 aliphatic rings. The molecule has 2 unspecified atom stereocenters. The molecule has 2 aromatic rings. The molecule has 2 atom stereocenters. The average molecular weight is 408 g/mol. The van der Waals surface area contributed by atoms with Gasteiger partial charge in [-0.2, -0.15) is 0 Å². The summed E-state index contributed by atoms with van der Waals surface area (Å²) in [5.74, 6) is 1.30. The first-order valence-electron chi connectivity index (χ1n) is 8.83. The van der Waals surface area contributed by atoms with E-state index in [9.17, 15) is 9.18 Å². The zero-order valence-electron chi connectivity index (χ0n) is 16.8. The molecule has 0 saturated carbocycles. The van der Waals surface area contributed by atoms with Crippen LogP contribution in [0.5, 0.6) is 17.2 Å². The quantitative estimate of drug-likeness (QED) is 0.334. The van der Waals surface area contributed by atoms with Crippen molar-refractivity contribution in [3.8, 4) is 17.2 Å². The summed E-state index contributed by atoms with van der Waals surface area (Å²) in [5.41, 5.74) is 1.23. The summed E-state index contributed by atoms with van der Waals surface area (Å²) >= 11 is 0. The van der Waals surface area contributed by atoms with Crippen molar-refractivity contribution < 1.29 is 28.1 Å². The van der Waals surface area contributed by atoms with E-state index in [0.717, 1.165) is 17.3 Å². The number of aldehydes is 1. The van der Waals surface area contributed by atoms with Crippen LogP contribution >= 0.6 is 8.58 Å². The van der Waals surface area contributed by atoms with Gasteiger partial charge in [0, 0.05) is 29.5 Å². The lowest BCUT2D eigenvalue weighted by atomic mass is 9.95. The Morgan fingerprint density at radius 3 is 2.46 bits per heavy atom.